The number of rotatable bonds is 4. The number of fused-ring (bicyclic) bond motifs is 1. The van der Waals surface area contributed by atoms with Gasteiger partial charge in [0.15, 0.2) is 0 Å². The molecular weight excluding hydrogens is 308 g/mol. The van der Waals surface area contributed by atoms with Gasteiger partial charge in [-0.15, -0.1) is 11.3 Å². The van der Waals surface area contributed by atoms with Crippen LogP contribution < -0.4 is 0 Å². The number of aromatic nitrogens is 1. The highest BCUT2D eigenvalue weighted by atomic mass is 32.1. The van der Waals surface area contributed by atoms with E-state index in [9.17, 15) is 9.90 Å². The van der Waals surface area contributed by atoms with Crippen LogP contribution in [0.25, 0.3) is 16.3 Å². The molecule has 0 aliphatic heterocycles. The van der Waals surface area contributed by atoms with E-state index >= 15 is 0 Å². The lowest BCUT2D eigenvalue weighted by atomic mass is 9.86. The van der Waals surface area contributed by atoms with Gasteiger partial charge in [0, 0.05) is 25.6 Å². The molecule has 5 heteroatoms. The smallest absolute Gasteiger partial charge is 0.246 e. The van der Waals surface area contributed by atoms with Gasteiger partial charge in [-0.05, 0) is 31.1 Å². The third-order valence-electron chi connectivity index (χ3n) is 4.43. The molecule has 0 spiro atoms. The third-order valence-corrected chi connectivity index (χ3v) is 5.43. The number of hydrogen-bond donors (Lipinski definition) is 1. The molecule has 2 atom stereocenters. The highest BCUT2D eigenvalue weighted by Crippen LogP contribution is 2.25. The number of hydrogen-bond acceptors (Lipinski definition) is 4. The van der Waals surface area contributed by atoms with Crippen molar-refractivity contribution < 1.29 is 9.90 Å². The summed E-state index contributed by atoms with van der Waals surface area (Å²) in [5, 5.41) is 10.9. The van der Waals surface area contributed by atoms with Gasteiger partial charge >= 0.3 is 0 Å². The zero-order valence-corrected chi connectivity index (χ0v) is 14.1. The quantitative estimate of drug-likeness (QED) is 0.875. The van der Waals surface area contributed by atoms with E-state index in [1.165, 1.54) is 0 Å². The maximum Gasteiger partial charge on any atom is 0.246 e. The van der Waals surface area contributed by atoms with Crippen molar-refractivity contribution in [2.75, 3.05) is 13.6 Å². The second-order valence-electron chi connectivity index (χ2n) is 6.18. The highest BCUT2D eigenvalue weighted by molar-refractivity contribution is 7.19. The summed E-state index contributed by atoms with van der Waals surface area (Å²) in [6.45, 7) is 0.615. The summed E-state index contributed by atoms with van der Waals surface area (Å²) in [7, 11) is 1.80. The number of carbonyl (C=O) groups excluding carboxylic acids is 1. The Balaban J connectivity index is 1.61. The van der Waals surface area contributed by atoms with E-state index in [0.29, 0.717) is 6.54 Å². The number of likely N-dealkylation sites (N-methyl/N-ethyl adjacent to an activating group) is 1. The molecule has 0 saturated heterocycles. The topological polar surface area (TPSA) is 53.4 Å². The van der Waals surface area contributed by atoms with Crippen molar-refractivity contribution in [2.45, 2.75) is 31.8 Å². The van der Waals surface area contributed by atoms with E-state index in [1.54, 1.807) is 35.4 Å². The minimum absolute atomic E-state index is 0.0398. The number of amides is 1. The van der Waals surface area contributed by atoms with Gasteiger partial charge < -0.3 is 10.0 Å². The predicted molar refractivity (Wildman–Crippen MR) is 94.3 cm³/mol. The van der Waals surface area contributed by atoms with Crippen molar-refractivity contribution in [1.29, 1.82) is 0 Å². The number of aliphatic hydroxyl groups is 1. The molecule has 1 aromatic heterocycles. The van der Waals surface area contributed by atoms with Crippen LogP contribution in [0.5, 0.6) is 0 Å². The van der Waals surface area contributed by atoms with Crippen molar-refractivity contribution in [3.8, 4) is 0 Å². The summed E-state index contributed by atoms with van der Waals surface area (Å²) in [6.07, 6.45) is 7.17. The second kappa shape index (κ2) is 7.23. The molecule has 0 radical (unpaired) electrons. The Morgan fingerprint density at radius 3 is 2.96 bits per heavy atom. The maximum atomic E-state index is 12.2. The summed E-state index contributed by atoms with van der Waals surface area (Å²) in [5.74, 6) is 0.163. The van der Waals surface area contributed by atoms with Crippen LogP contribution in [0.4, 0.5) is 0 Å². The Bertz CT molecular complexity index is 677. The van der Waals surface area contributed by atoms with E-state index in [1.807, 2.05) is 24.3 Å². The minimum atomic E-state index is -0.271. The molecule has 4 nitrogen and oxygen atoms in total. The molecule has 23 heavy (non-hydrogen) atoms. The molecule has 1 N–H and O–H groups in total. The monoisotopic (exact) mass is 330 g/mol. The second-order valence-corrected chi connectivity index (χ2v) is 7.25. The predicted octanol–water partition coefficient (Wildman–Crippen LogP) is 3.32. The first kappa shape index (κ1) is 16.1. The molecule has 122 valence electrons. The minimum Gasteiger partial charge on any atom is -0.393 e. The van der Waals surface area contributed by atoms with Gasteiger partial charge in [0.05, 0.1) is 16.3 Å². The number of aliphatic hydroxyl groups excluding tert-OH is 1. The normalized spacial score (nSPS) is 21.8. The van der Waals surface area contributed by atoms with E-state index in [4.69, 9.17) is 0 Å². The molecule has 1 heterocycles. The number of para-hydroxylation sites is 1. The van der Waals surface area contributed by atoms with Crippen LogP contribution in [0.2, 0.25) is 0 Å². The van der Waals surface area contributed by atoms with Gasteiger partial charge in [0.2, 0.25) is 5.91 Å². The van der Waals surface area contributed by atoms with E-state index < -0.39 is 0 Å². The van der Waals surface area contributed by atoms with Crippen molar-refractivity contribution in [3.05, 3.63) is 35.3 Å². The van der Waals surface area contributed by atoms with Gasteiger partial charge in [0.25, 0.3) is 0 Å². The zero-order chi connectivity index (χ0) is 16.2. The lowest BCUT2D eigenvalue weighted by Gasteiger charge is -2.30. The molecule has 1 saturated carbocycles. The van der Waals surface area contributed by atoms with Crippen LogP contribution >= 0.6 is 11.3 Å². The lowest BCUT2D eigenvalue weighted by Crippen LogP contribution is -2.37. The molecule has 1 aliphatic carbocycles. The van der Waals surface area contributed by atoms with Gasteiger partial charge in [-0.2, -0.15) is 0 Å². The molecule has 1 fully saturated rings. The Morgan fingerprint density at radius 1 is 1.39 bits per heavy atom. The molecule has 0 bridgehead atoms. The zero-order valence-electron chi connectivity index (χ0n) is 13.3. The Kier molecular flexibility index (Phi) is 5.08. The van der Waals surface area contributed by atoms with E-state index in [2.05, 4.69) is 4.98 Å². The Hall–Kier alpha value is -1.72. The number of benzene rings is 1. The Labute approximate surface area is 140 Å². The van der Waals surface area contributed by atoms with Crippen LogP contribution in [0, 0.1) is 5.92 Å². The lowest BCUT2D eigenvalue weighted by molar-refractivity contribution is -0.126. The van der Waals surface area contributed by atoms with Crippen LogP contribution in [-0.4, -0.2) is 40.6 Å². The first-order valence-corrected chi connectivity index (χ1v) is 8.92. The van der Waals surface area contributed by atoms with Gasteiger partial charge in [-0.25, -0.2) is 4.98 Å². The fourth-order valence-corrected chi connectivity index (χ4v) is 3.94. The number of thiazole rings is 1. The molecule has 2 aromatic rings. The average Bonchev–Trinajstić information content (AvgIpc) is 2.97. The van der Waals surface area contributed by atoms with Crippen LogP contribution in [0.1, 0.15) is 30.7 Å². The van der Waals surface area contributed by atoms with Crippen LogP contribution in [0.15, 0.2) is 30.3 Å². The number of nitrogens with zero attached hydrogens (tertiary/aromatic N) is 2. The standard InChI is InChI=1S/C18H22N2O2S/c1-20(12-13-6-2-4-8-15(13)21)18(22)11-10-17-19-14-7-3-5-9-16(14)23-17/h3,5,7,9-11,13,15,21H,2,4,6,8,12H2,1H3/b11-10+. The van der Waals surface area contributed by atoms with Crippen molar-refractivity contribution in [1.82, 2.24) is 9.88 Å². The average molecular weight is 330 g/mol. The fraction of sp³-hybridized carbons (Fsp3) is 0.444. The highest BCUT2D eigenvalue weighted by Gasteiger charge is 2.25. The summed E-state index contributed by atoms with van der Waals surface area (Å²) in [5.41, 5.74) is 0.961. The van der Waals surface area contributed by atoms with E-state index in [-0.39, 0.29) is 17.9 Å². The summed E-state index contributed by atoms with van der Waals surface area (Å²) in [4.78, 5) is 18.4. The molecule has 3 rings (SSSR count). The van der Waals surface area contributed by atoms with E-state index in [0.717, 1.165) is 40.9 Å². The molecule has 2 unspecified atom stereocenters. The van der Waals surface area contributed by atoms with Crippen molar-refractivity contribution in [2.24, 2.45) is 5.92 Å². The maximum absolute atomic E-state index is 12.2. The fourth-order valence-electron chi connectivity index (χ4n) is 3.07. The molecule has 1 aliphatic rings. The van der Waals surface area contributed by atoms with Crippen molar-refractivity contribution >= 4 is 33.5 Å². The van der Waals surface area contributed by atoms with Gasteiger partial charge in [-0.3, -0.25) is 4.79 Å². The first-order chi connectivity index (χ1) is 11.1. The SMILES string of the molecule is CN(CC1CCCCC1O)C(=O)/C=C/c1nc2ccccc2s1. The molecular formula is C18H22N2O2S. The first-order valence-electron chi connectivity index (χ1n) is 8.10. The molecule has 1 aromatic carbocycles. The van der Waals surface area contributed by atoms with Gasteiger partial charge in [-0.1, -0.05) is 25.0 Å². The van der Waals surface area contributed by atoms with Crippen molar-refractivity contribution in [3.63, 3.8) is 0 Å². The summed E-state index contributed by atoms with van der Waals surface area (Å²) in [6, 6.07) is 7.96. The van der Waals surface area contributed by atoms with Crippen LogP contribution in [0.3, 0.4) is 0 Å². The van der Waals surface area contributed by atoms with Gasteiger partial charge in [0.1, 0.15) is 5.01 Å². The third kappa shape index (κ3) is 3.98. The number of carbonyl (C=O) groups is 1. The summed E-state index contributed by atoms with van der Waals surface area (Å²) < 4.78 is 1.12. The summed E-state index contributed by atoms with van der Waals surface area (Å²) >= 11 is 1.58. The molecule has 1 amide bonds. The van der Waals surface area contributed by atoms with Crippen LogP contribution in [-0.2, 0) is 4.79 Å². The largest absolute Gasteiger partial charge is 0.393 e. The Morgan fingerprint density at radius 2 is 2.17 bits per heavy atom.